The zero-order chi connectivity index (χ0) is 15.0. The normalized spacial score (nSPS) is 20.4. The first kappa shape index (κ1) is 14.5. The molecule has 2 nitrogen and oxygen atoms in total. The molecule has 0 aliphatic heterocycles. The maximum Gasteiger partial charge on any atom is 0.123 e. The summed E-state index contributed by atoms with van der Waals surface area (Å²) in [6.45, 7) is 0. The number of fused-ring (bicyclic) bond motifs is 1. The van der Waals surface area contributed by atoms with Gasteiger partial charge in [0, 0.05) is 10.9 Å². The lowest BCUT2D eigenvalue weighted by Crippen LogP contribution is -2.25. The van der Waals surface area contributed by atoms with E-state index in [1.165, 1.54) is 12.1 Å². The van der Waals surface area contributed by atoms with E-state index in [4.69, 9.17) is 4.74 Å². The Hall–Kier alpha value is -1.39. The zero-order valence-electron chi connectivity index (χ0n) is 11.7. The summed E-state index contributed by atoms with van der Waals surface area (Å²) in [5.74, 6) is 0.509. The molecule has 0 aromatic heterocycles. The highest BCUT2D eigenvalue weighted by atomic mass is 79.9. The summed E-state index contributed by atoms with van der Waals surface area (Å²) in [5, 5.41) is 11.0. The highest BCUT2D eigenvalue weighted by Gasteiger charge is 2.37. The number of hydrogen-bond acceptors (Lipinski definition) is 2. The molecular formula is C17H16BrFO2. The number of rotatable bonds is 3. The average Bonchev–Trinajstić information content (AvgIpc) is 2.78. The maximum atomic E-state index is 13.3. The van der Waals surface area contributed by atoms with Crippen LogP contribution in [0.1, 0.15) is 23.1 Å². The summed E-state index contributed by atoms with van der Waals surface area (Å²) in [6, 6.07) is 10.3. The molecule has 0 saturated carbocycles. The fraction of sp³-hybridized carbons (Fsp3) is 0.294. The molecule has 0 amide bonds. The molecule has 2 aromatic carbocycles. The third-order valence-corrected chi connectivity index (χ3v) is 4.89. The fourth-order valence-corrected chi connectivity index (χ4v) is 3.40. The second kappa shape index (κ2) is 5.43. The standard InChI is InChI=1S/C17H16BrFO2/c1-21-14-3-5-16(18)12(9-14)10-17(20)7-6-11-8-13(19)2-4-15(11)17/h2-5,8-9,20H,6-7,10H2,1H3. The average molecular weight is 351 g/mol. The van der Waals surface area contributed by atoms with Gasteiger partial charge in [-0.2, -0.15) is 0 Å². The molecule has 1 aliphatic carbocycles. The van der Waals surface area contributed by atoms with Crippen molar-refractivity contribution in [2.75, 3.05) is 7.11 Å². The van der Waals surface area contributed by atoms with Gasteiger partial charge < -0.3 is 9.84 Å². The van der Waals surface area contributed by atoms with Crippen molar-refractivity contribution in [2.45, 2.75) is 24.9 Å². The third-order valence-electron chi connectivity index (χ3n) is 4.11. The highest BCUT2D eigenvalue weighted by Crippen LogP contribution is 2.41. The van der Waals surface area contributed by atoms with E-state index in [1.54, 1.807) is 13.2 Å². The quantitative estimate of drug-likeness (QED) is 0.907. The Labute approximate surface area is 131 Å². The number of methoxy groups -OCH3 is 1. The predicted molar refractivity (Wildman–Crippen MR) is 83.0 cm³/mol. The number of benzene rings is 2. The van der Waals surface area contributed by atoms with E-state index in [9.17, 15) is 9.50 Å². The predicted octanol–water partition coefficient (Wildman–Crippen LogP) is 3.97. The molecule has 2 aromatic rings. The molecule has 0 radical (unpaired) electrons. The van der Waals surface area contributed by atoms with Crippen LogP contribution in [0.4, 0.5) is 4.39 Å². The van der Waals surface area contributed by atoms with Crippen LogP contribution in [0.25, 0.3) is 0 Å². The molecule has 0 saturated heterocycles. The maximum absolute atomic E-state index is 13.3. The van der Waals surface area contributed by atoms with Crippen LogP contribution in [-0.2, 0) is 18.4 Å². The van der Waals surface area contributed by atoms with Crippen molar-refractivity contribution in [2.24, 2.45) is 0 Å². The van der Waals surface area contributed by atoms with E-state index in [2.05, 4.69) is 15.9 Å². The third kappa shape index (κ3) is 2.70. The Bertz CT molecular complexity index is 686. The zero-order valence-corrected chi connectivity index (χ0v) is 13.3. The first-order valence-corrected chi connectivity index (χ1v) is 7.65. The molecule has 1 unspecified atom stereocenters. The minimum Gasteiger partial charge on any atom is -0.497 e. The van der Waals surface area contributed by atoms with Gasteiger partial charge in [-0.15, -0.1) is 0 Å². The van der Waals surface area contributed by atoms with Crippen molar-refractivity contribution in [3.63, 3.8) is 0 Å². The van der Waals surface area contributed by atoms with Gasteiger partial charge in [-0.3, -0.25) is 0 Å². The van der Waals surface area contributed by atoms with Crippen molar-refractivity contribution >= 4 is 15.9 Å². The first-order chi connectivity index (χ1) is 10.0. The number of hydrogen-bond donors (Lipinski definition) is 1. The lowest BCUT2D eigenvalue weighted by Gasteiger charge is -2.25. The van der Waals surface area contributed by atoms with Crippen molar-refractivity contribution in [3.8, 4) is 5.75 Å². The van der Waals surface area contributed by atoms with E-state index in [-0.39, 0.29) is 5.82 Å². The Kier molecular flexibility index (Phi) is 3.76. The molecule has 0 fully saturated rings. The van der Waals surface area contributed by atoms with E-state index in [1.807, 2.05) is 18.2 Å². The van der Waals surface area contributed by atoms with Gasteiger partial charge in [-0.1, -0.05) is 22.0 Å². The highest BCUT2D eigenvalue weighted by molar-refractivity contribution is 9.10. The molecule has 21 heavy (non-hydrogen) atoms. The van der Waals surface area contributed by atoms with E-state index < -0.39 is 5.60 Å². The Morgan fingerprint density at radius 1 is 1.29 bits per heavy atom. The number of aryl methyl sites for hydroxylation is 1. The summed E-state index contributed by atoms with van der Waals surface area (Å²) in [7, 11) is 1.62. The first-order valence-electron chi connectivity index (χ1n) is 6.85. The molecule has 0 bridgehead atoms. The number of aliphatic hydroxyl groups is 1. The van der Waals surface area contributed by atoms with Gasteiger partial charge in [0.2, 0.25) is 0 Å². The SMILES string of the molecule is COc1ccc(Br)c(CC2(O)CCc3cc(F)ccc32)c1. The minimum absolute atomic E-state index is 0.249. The fourth-order valence-electron chi connectivity index (χ4n) is 3.01. The van der Waals surface area contributed by atoms with Crippen LogP contribution < -0.4 is 4.74 Å². The number of ether oxygens (including phenoxy) is 1. The van der Waals surface area contributed by atoms with Crippen LogP contribution in [-0.4, -0.2) is 12.2 Å². The molecular weight excluding hydrogens is 335 g/mol. The summed E-state index contributed by atoms with van der Waals surface area (Å²) in [6.07, 6.45) is 1.78. The minimum atomic E-state index is -0.947. The summed E-state index contributed by atoms with van der Waals surface area (Å²) in [4.78, 5) is 0. The summed E-state index contributed by atoms with van der Waals surface area (Å²) >= 11 is 3.52. The summed E-state index contributed by atoms with van der Waals surface area (Å²) in [5.41, 5.74) is 1.77. The Morgan fingerprint density at radius 3 is 2.86 bits per heavy atom. The molecule has 1 aliphatic rings. The van der Waals surface area contributed by atoms with Crippen molar-refractivity contribution in [3.05, 3.63) is 63.4 Å². The van der Waals surface area contributed by atoms with Crippen LogP contribution in [0.5, 0.6) is 5.75 Å². The van der Waals surface area contributed by atoms with Crippen LogP contribution in [0.3, 0.4) is 0 Å². The topological polar surface area (TPSA) is 29.5 Å². The van der Waals surface area contributed by atoms with E-state index in [0.29, 0.717) is 19.3 Å². The van der Waals surface area contributed by atoms with Gasteiger partial charge in [-0.05, 0) is 59.9 Å². The van der Waals surface area contributed by atoms with E-state index in [0.717, 1.165) is 26.9 Å². The van der Waals surface area contributed by atoms with Crippen LogP contribution in [0.2, 0.25) is 0 Å². The second-order valence-corrected chi connectivity index (χ2v) is 6.32. The number of halogens is 2. The lowest BCUT2D eigenvalue weighted by molar-refractivity contribution is 0.0387. The summed E-state index contributed by atoms with van der Waals surface area (Å²) < 4.78 is 19.5. The van der Waals surface area contributed by atoms with Gasteiger partial charge in [0.1, 0.15) is 11.6 Å². The molecule has 3 rings (SSSR count). The van der Waals surface area contributed by atoms with Crippen molar-refractivity contribution in [1.29, 1.82) is 0 Å². The molecule has 110 valence electrons. The van der Waals surface area contributed by atoms with Gasteiger partial charge in [0.15, 0.2) is 0 Å². The molecule has 0 spiro atoms. The van der Waals surface area contributed by atoms with Gasteiger partial charge in [0.25, 0.3) is 0 Å². The van der Waals surface area contributed by atoms with Crippen LogP contribution in [0, 0.1) is 5.82 Å². The lowest BCUT2D eigenvalue weighted by atomic mass is 9.88. The molecule has 4 heteroatoms. The monoisotopic (exact) mass is 350 g/mol. The van der Waals surface area contributed by atoms with Gasteiger partial charge in [-0.25, -0.2) is 4.39 Å². The van der Waals surface area contributed by atoms with Crippen LogP contribution in [0.15, 0.2) is 40.9 Å². The Morgan fingerprint density at radius 2 is 2.10 bits per heavy atom. The van der Waals surface area contributed by atoms with E-state index >= 15 is 0 Å². The van der Waals surface area contributed by atoms with Gasteiger partial charge in [0.05, 0.1) is 12.7 Å². The second-order valence-electron chi connectivity index (χ2n) is 5.47. The molecule has 1 atom stereocenters. The van der Waals surface area contributed by atoms with Crippen molar-refractivity contribution < 1.29 is 14.2 Å². The largest absolute Gasteiger partial charge is 0.497 e. The van der Waals surface area contributed by atoms with Crippen LogP contribution >= 0.6 is 15.9 Å². The smallest absolute Gasteiger partial charge is 0.123 e. The van der Waals surface area contributed by atoms with Gasteiger partial charge >= 0.3 is 0 Å². The van der Waals surface area contributed by atoms with Crippen molar-refractivity contribution in [1.82, 2.24) is 0 Å². The Balaban J connectivity index is 1.96. The molecule has 1 N–H and O–H groups in total. The molecule has 0 heterocycles.